The van der Waals surface area contributed by atoms with E-state index in [1.807, 2.05) is 42.5 Å². The summed E-state index contributed by atoms with van der Waals surface area (Å²) < 4.78 is 5.85. The van der Waals surface area contributed by atoms with E-state index in [4.69, 9.17) is 4.74 Å². The number of hydrogen-bond donors (Lipinski definition) is 0. The first-order valence-corrected chi connectivity index (χ1v) is 7.66. The molecule has 3 rings (SSSR count). The molecule has 0 radical (unpaired) electrons. The third kappa shape index (κ3) is 3.72. The van der Waals surface area contributed by atoms with Gasteiger partial charge in [-0.2, -0.15) is 0 Å². The molecule has 1 unspecified atom stereocenters. The van der Waals surface area contributed by atoms with Gasteiger partial charge in [0.15, 0.2) is 0 Å². The lowest BCUT2D eigenvalue weighted by molar-refractivity contribution is -0.124. The maximum atomic E-state index is 11.9. The number of ketones is 1. The van der Waals surface area contributed by atoms with Gasteiger partial charge in [0.1, 0.15) is 17.3 Å². The minimum Gasteiger partial charge on any atom is -0.457 e. The molecule has 0 saturated heterocycles. The molecule has 1 saturated carbocycles. The molecule has 0 bridgehead atoms. The quantitative estimate of drug-likeness (QED) is 0.805. The van der Waals surface area contributed by atoms with E-state index in [0.29, 0.717) is 5.78 Å². The number of Topliss-reactive ketones (excluding diaryl/α,β-unsaturated/α-hetero) is 1. The first kappa shape index (κ1) is 13.9. The maximum Gasteiger partial charge on any atom is 0.136 e. The van der Waals surface area contributed by atoms with Crippen molar-refractivity contribution >= 4 is 5.78 Å². The molecule has 2 nitrogen and oxygen atoms in total. The number of ether oxygens (including phenoxy) is 1. The molecule has 0 aliphatic heterocycles. The summed E-state index contributed by atoms with van der Waals surface area (Å²) in [4.78, 5) is 11.9. The van der Waals surface area contributed by atoms with Crippen LogP contribution in [-0.4, -0.2) is 5.78 Å². The molecule has 2 aromatic carbocycles. The van der Waals surface area contributed by atoms with Crippen LogP contribution >= 0.6 is 0 Å². The molecule has 1 aliphatic rings. The van der Waals surface area contributed by atoms with Crippen LogP contribution in [0.2, 0.25) is 0 Å². The Balaban J connectivity index is 1.69. The summed E-state index contributed by atoms with van der Waals surface area (Å²) >= 11 is 0. The van der Waals surface area contributed by atoms with Gasteiger partial charge in [0.05, 0.1) is 0 Å². The zero-order valence-corrected chi connectivity index (χ0v) is 12.1. The summed E-state index contributed by atoms with van der Waals surface area (Å²) in [5, 5.41) is 0. The fourth-order valence-corrected chi connectivity index (χ4v) is 2.92. The van der Waals surface area contributed by atoms with E-state index in [9.17, 15) is 4.79 Å². The molecule has 0 aromatic heterocycles. The molecule has 0 spiro atoms. The molecular formula is C19H20O2. The summed E-state index contributed by atoms with van der Waals surface area (Å²) in [6.45, 7) is 0. The average Bonchev–Trinajstić information content (AvgIpc) is 2.51. The van der Waals surface area contributed by atoms with Crippen molar-refractivity contribution in [3.8, 4) is 11.5 Å². The van der Waals surface area contributed by atoms with Crippen molar-refractivity contribution in [2.75, 3.05) is 0 Å². The SMILES string of the molecule is O=C1CCCCC1Cc1cccc(Oc2ccccc2)c1. The highest BCUT2D eigenvalue weighted by atomic mass is 16.5. The van der Waals surface area contributed by atoms with Gasteiger partial charge in [0.2, 0.25) is 0 Å². The number of carbonyl (C=O) groups excluding carboxylic acids is 1. The van der Waals surface area contributed by atoms with Gasteiger partial charge in [-0.15, -0.1) is 0 Å². The van der Waals surface area contributed by atoms with Crippen molar-refractivity contribution in [2.45, 2.75) is 32.1 Å². The summed E-state index contributed by atoms with van der Waals surface area (Å²) in [7, 11) is 0. The van der Waals surface area contributed by atoms with Gasteiger partial charge >= 0.3 is 0 Å². The monoisotopic (exact) mass is 280 g/mol. The Labute approximate surface area is 125 Å². The number of benzene rings is 2. The molecule has 0 amide bonds. The maximum absolute atomic E-state index is 11.9. The summed E-state index contributed by atoms with van der Waals surface area (Å²) in [6.07, 6.45) is 4.86. The molecular weight excluding hydrogens is 260 g/mol. The molecule has 0 N–H and O–H groups in total. The minimum absolute atomic E-state index is 0.200. The Hall–Kier alpha value is -2.09. The van der Waals surface area contributed by atoms with Crippen LogP contribution < -0.4 is 4.74 Å². The van der Waals surface area contributed by atoms with Crippen LogP contribution in [0.4, 0.5) is 0 Å². The van der Waals surface area contributed by atoms with Gasteiger partial charge in [-0.25, -0.2) is 0 Å². The van der Waals surface area contributed by atoms with Crippen LogP contribution in [0.5, 0.6) is 11.5 Å². The second-order valence-electron chi connectivity index (χ2n) is 5.68. The smallest absolute Gasteiger partial charge is 0.136 e. The molecule has 1 aliphatic carbocycles. The van der Waals surface area contributed by atoms with E-state index in [2.05, 4.69) is 12.1 Å². The number of rotatable bonds is 4. The lowest BCUT2D eigenvalue weighted by Crippen LogP contribution is -2.20. The van der Waals surface area contributed by atoms with E-state index >= 15 is 0 Å². The largest absolute Gasteiger partial charge is 0.457 e. The first-order valence-electron chi connectivity index (χ1n) is 7.66. The summed E-state index contributed by atoms with van der Waals surface area (Å²) in [6, 6.07) is 17.9. The van der Waals surface area contributed by atoms with Crippen LogP contribution in [0.15, 0.2) is 54.6 Å². The zero-order valence-electron chi connectivity index (χ0n) is 12.1. The normalized spacial score (nSPS) is 18.5. The molecule has 1 fully saturated rings. The first-order chi connectivity index (χ1) is 10.3. The predicted octanol–water partition coefficient (Wildman–Crippen LogP) is 4.78. The van der Waals surface area contributed by atoms with Crippen molar-refractivity contribution in [3.63, 3.8) is 0 Å². The Morgan fingerprint density at radius 2 is 1.76 bits per heavy atom. The molecule has 0 heterocycles. The third-order valence-electron chi connectivity index (χ3n) is 4.04. The van der Waals surface area contributed by atoms with Gasteiger partial charge in [0.25, 0.3) is 0 Å². The van der Waals surface area contributed by atoms with Crippen LogP contribution in [0.1, 0.15) is 31.2 Å². The lowest BCUT2D eigenvalue weighted by atomic mass is 9.84. The van der Waals surface area contributed by atoms with Crippen molar-refractivity contribution in [1.29, 1.82) is 0 Å². The van der Waals surface area contributed by atoms with Crippen molar-refractivity contribution in [1.82, 2.24) is 0 Å². The standard InChI is InChI=1S/C19H20O2/c20-19-12-5-4-8-16(19)13-15-7-6-11-18(14-15)21-17-9-2-1-3-10-17/h1-3,6-7,9-11,14,16H,4-5,8,12-13H2. The zero-order chi connectivity index (χ0) is 14.5. The van der Waals surface area contributed by atoms with Crippen molar-refractivity contribution < 1.29 is 9.53 Å². The highest BCUT2D eigenvalue weighted by Gasteiger charge is 2.22. The third-order valence-corrected chi connectivity index (χ3v) is 4.04. The molecule has 2 heteroatoms. The Morgan fingerprint density at radius 1 is 0.952 bits per heavy atom. The molecule has 2 aromatic rings. The van der Waals surface area contributed by atoms with Gasteiger partial charge < -0.3 is 4.74 Å². The highest BCUT2D eigenvalue weighted by Crippen LogP contribution is 2.27. The van der Waals surface area contributed by atoms with E-state index < -0.39 is 0 Å². The summed E-state index contributed by atoms with van der Waals surface area (Å²) in [5.74, 6) is 2.30. The highest BCUT2D eigenvalue weighted by molar-refractivity contribution is 5.81. The molecule has 21 heavy (non-hydrogen) atoms. The van der Waals surface area contributed by atoms with Gasteiger partial charge in [-0.05, 0) is 49.1 Å². The Kier molecular flexibility index (Phi) is 4.34. The fourth-order valence-electron chi connectivity index (χ4n) is 2.92. The number of carbonyl (C=O) groups is 1. The minimum atomic E-state index is 0.200. The van der Waals surface area contributed by atoms with E-state index in [1.165, 1.54) is 12.0 Å². The van der Waals surface area contributed by atoms with Gasteiger partial charge in [-0.1, -0.05) is 36.8 Å². The van der Waals surface area contributed by atoms with Crippen molar-refractivity contribution in [3.05, 3.63) is 60.2 Å². The number of hydrogen-bond acceptors (Lipinski definition) is 2. The average molecular weight is 280 g/mol. The second-order valence-corrected chi connectivity index (χ2v) is 5.68. The fraction of sp³-hybridized carbons (Fsp3) is 0.316. The van der Waals surface area contributed by atoms with E-state index in [0.717, 1.165) is 37.2 Å². The predicted molar refractivity (Wildman–Crippen MR) is 83.6 cm³/mol. The van der Waals surface area contributed by atoms with E-state index in [-0.39, 0.29) is 5.92 Å². The van der Waals surface area contributed by atoms with Crippen LogP contribution in [0.25, 0.3) is 0 Å². The van der Waals surface area contributed by atoms with Crippen LogP contribution in [0, 0.1) is 5.92 Å². The van der Waals surface area contributed by atoms with Crippen molar-refractivity contribution in [2.24, 2.45) is 5.92 Å². The van der Waals surface area contributed by atoms with Gasteiger partial charge in [-0.3, -0.25) is 4.79 Å². The van der Waals surface area contributed by atoms with Gasteiger partial charge in [0, 0.05) is 12.3 Å². The lowest BCUT2D eigenvalue weighted by Gasteiger charge is -2.20. The Bertz CT molecular complexity index is 604. The summed E-state index contributed by atoms with van der Waals surface area (Å²) in [5.41, 5.74) is 1.18. The second kappa shape index (κ2) is 6.57. The molecule has 108 valence electrons. The topological polar surface area (TPSA) is 26.3 Å². The number of para-hydroxylation sites is 1. The van der Waals surface area contributed by atoms with Crippen LogP contribution in [-0.2, 0) is 11.2 Å². The van der Waals surface area contributed by atoms with E-state index in [1.54, 1.807) is 0 Å². The van der Waals surface area contributed by atoms with Crippen LogP contribution in [0.3, 0.4) is 0 Å². The Morgan fingerprint density at radius 3 is 2.57 bits per heavy atom. The molecule has 1 atom stereocenters.